The fourth-order valence-corrected chi connectivity index (χ4v) is 5.03. The molecule has 4 rings (SSSR count). The second-order valence-corrected chi connectivity index (χ2v) is 8.55. The summed E-state index contributed by atoms with van der Waals surface area (Å²) in [5.74, 6) is 1.58. The number of nitrogens with one attached hydrogen (secondary N) is 1. The number of halogens is 1. The lowest BCUT2D eigenvalue weighted by atomic mass is 9.90. The summed E-state index contributed by atoms with van der Waals surface area (Å²) in [5, 5.41) is 14.9. The standard InChI is InChI=1S/C20H20BrN3O4/c1-20-9-3-2-4-15(20)18(20)19(25)23-22-11-13-6-8-17(28-13)14-7-5-12(24(26)27)10-16(14)21/h5-8,10-11,15,18H,2-4,9H2,1H3,(H,23,25)/b22-11-/t15-,18-,20-/m0/s1. The van der Waals surface area contributed by atoms with Crippen LogP contribution in [-0.2, 0) is 4.79 Å². The lowest BCUT2D eigenvalue weighted by molar-refractivity contribution is -0.384. The quantitative estimate of drug-likeness (QED) is 0.402. The predicted molar refractivity (Wildman–Crippen MR) is 108 cm³/mol. The van der Waals surface area contributed by atoms with Gasteiger partial charge in [-0.05, 0) is 58.3 Å². The van der Waals surface area contributed by atoms with Crippen molar-refractivity contribution in [1.82, 2.24) is 5.43 Å². The van der Waals surface area contributed by atoms with Crippen molar-refractivity contribution in [2.24, 2.45) is 22.4 Å². The minimum absolute atomic E-state index is 0.000943. The largest absolute Gasteiger partial charge is 0.455 e. The third-order valence-corrected chi connectivity index (χ3v) is 6.69. The number of fused-ring (bicyclic) bond motifs is 1. The average Bonchev–Trinajstić information content (AvgIpc) is 3.03. The van der Waals surface area contributed by atoms with Gasteiger partial charge in [-0.25, -0.2) is 5.43 Å². The Bertz CT molecular complexity index is 970. The lowest BCUT2D eigenvalue weighted by Crippen LogP contribution is -2.22. The van der Waals surface area contributed by atoms with Crippen LogP contribution in [0, 0.1) is 27.4 Å². The van der Waals surface area contributed by atoms with E-state index in [1.165, 1.54) is 31.2 Å². The maximum absolute atomic E-state index is 12.4. The number of hydrogen-bond donors (Lipinski definition) is 1. The van der Waals surface area contributed by atoms with Crippen LogP contribution in [0.25, 0.3) is 11.3 Å². The molecule has 1 amide bonds. The number of nitrogens with zero attached hydrogens (tertiary/aromatic N) is 2. The fraction of sp³-hybridized carbons (Fsp3) is 0.400. The number of amides is 1. The van der Waals surface area contributed by atoms with Gasteiger partial charge < -0.3 is 4.42 Å². The second kappa shape index (κ2) is 7.16. The molecule has 2 aliphatic rings. The molecule has 1 aromatic heterocycles. The Morgan fingerprint density at radius 1 is 1.39 bits per heavy atom. The van der Waals surface area contributed by atoms with Crippen molar-refractivity contribution in [3.8, 4) is 11.3 Å². The molecule has 2 fully saturated rings. The van der Waals surface area contributed by atoms with Crippen LogP contribution in [0.15, 0.2) is 44.3 Å². The van der Waals surface area contributed by atoms with Crippen LogP contribution in [0.3, 0.4) is 0 Å². The smallest absolute Gasteiger partial charge is 0.270 e. The maximum atomic E-state index is 12.4. The van der Waals surface area contributed by atoms with E-state index in [0.29, 0.717) is 27.5 Å². The first-order valence-corrected chi connectivity index (χ1v) is 10.1. The molecule has 8 heteroatoms. The van der Waals surface area contributed by atoms with Crippen molar-refractivity contribution in [3.05, 3.63) is 50.7 Å². The summed E-state index contributed by atoms with van der Waals surface area (Å²) >= 11 is 3.34. The highest BCUT2D eigenvalue weighted by Gasteiger charge is 2.64. The van der Waals surface area contributed by atoms with Crippen LogP contribution in [0.1, 0.15) is 38.4 Å². The summed E-state index contributed by atoms with van der Waals surface area (Å²) in [6.07, 6.45) is 6.12. The Balaban J connectivity index is 1.40. The molecule has 0 saturated heterocycles. The second-order valence-electron chi connectivity index (χ2n) is 7.69. The van der Waals surface area contributed by atoms with Gasteiger partial charge in [0.05, 0.1) is 11.1 Å². The highest BCUT2D eigenvalue weighted by molar-refractivity contribution is 9.10. The number of rotatable bonds is 5. The van der Waals surface area contributed by atoms with E-state index in [1.807, 2.05) is 0 Å². The molecule has 1 heterocycles. The number of non-ortho nitro benzene ring substituents is 1. The maximum Gasteiger partial charge on any atom is 0.270 e. The average molecular weight is 446 g/mol. The monoisotopic (exact) mass is 445 g/mol. The Morgan fingerprint density at radius 3 is 2.89 bits per heavy atom. The molecular weight excluding hydrogens is 426 g/mol. The third-order valence-electron chi connectivity index (χ3n) is 6.04. The molecule has 0 aliphatic heterocycles. The summed E-state index contributed by atoms with van der Waals surface area (Å²) in [5.41, 5.74) is 3.49. The van der Waals surface area contributed by atoms with Gasteiger partial charge in [0.15, 0.2) is 0 Å². The van der Waals surface area contributed by atoms with Gasteiger partial charge in [-0.2, -0.15) is 5.10 Å². The van der Waals surface area contributed by atoms with E-state index in [4.69, 9.17) is 4.42 Å². The van der Waals surface area contributed by atoms with Crippen molar-refractivity contribution in [3.63, 3.8) is 0 Å². The molecule has 0 radical (unpaired) electrons. The van der Waals surface area contributed by atoms with Crippen molar-refractivity contribution < 1.29 is 14.1 Å². The Labute approximate surface area is 170 Å². The Hall–Kier alpha value is -2.48. The van der Waals surface area contributed by atoms with Crippen LogP contribution in [0.4, 0.5) is 5.69 Å². The van der Waals surface area contributed by atoms with Crippen LogP contribution in [0.5, 0.6) is 0 Å². The number of carbonyl (C=O) groups is 1. The van der Waals surface area contributed by atoms with E-state index in [0.717, 1.165) is 12.8 Å². The summed E-state index contributed by atoms with van der Waals surface area (Å²) in [6.45, 7) is 2.20. The van der Waals surface area contributed by atoms with Crippen LogP contribution >= 0.6 is 15.9 Å². The van der Waals surface area contributed by atoms with Crippen molar-refractivity contribution >= 4 is 33.7 Å². The topological polar surface area (TPSA) is 97.7 Å². The van der Waals surface area contributed by atoms with Gasteiger partial charge >= 0.3 is 0 Å². The minimum Gasteiger partial charge on any atom is -0.455 e. The van der Waals surface area contributed by atoms with Gasteiger partial charge in [0.2, 0.25) is 5.91 Å². The molecule has 2 saturated carbocycles. The van der Waals surface area contributed by atoms with E-state index in [-0.39, 0.29) is 22.9 Å². The van der Waals surface area contributed by atoms with Gasteiger partial charge in [-0.3, -0.25) is 14.9 Å². The van der Waals surface area contributed by atoms with E-state index >= 15 is 0 Å². The number of furan rings is 1. The van der Waals surface area contributed by atoms with Gasteiger partial charge in [0.25, 0.3) is 5.69 Å². The first-order valence-electron chi connectivity index (χ1n) is 9.27. The van der Waals surface area contributed by atoms with Gasteiger partial charge in [0, 0.05) is 28.1 Å². The first kappa shape index (κ1) is 18.9. The minimum atomic E-state index is -0.451. The van der Waals surface area contributed by atoms with Crippen molar-refractivity contribution in [1.29, 1.82) is 0 Å². The Kier molecular flexibility index (Phi) is 4.82. The molecule has 2 aliphatic carbocycles. The molecule has 28 heavy (non-hydrogen) atoms. The molecule has 0 unspecified atom stereocenters. The number of nitro groups is 1. The molecule has 1 N–H and O–H groups in total. The van der Waals surface area contributed by atoms with Crippen molar-refractivity contribution in [2.45, 2.75) is 32.6 Å². The number of benzene rings is 1. The first-order chi connectivity index (χ1) is 13.4. The van der Waals surface area contributed by atoms with Crippen LogP contribution in [0.2, 0.25) is 0 Å². The molecule has 146 valence electrons. The highest BCUT2D eigenvalue weighted by atomic mass is 79.9. The molecule has 3 atom stereocenters. The zero-order chi connectivity index (χ0) is 19.9. The third kappa shape index (κ3) is 3.37. The fourth-order valence-electron chi connectivity index (χ4n) is 4.46. The summed E-state index contributed by atoms with van der Waals surface area (Å²) < 4.78 is 6.29. The number of hydrazone groups is 1. The molecule has 0 spiro atoms. The summed E-state index contributed by atoms with van der Waals surface area (Å²) in [6, 6.07) is 7.97. The predicted octanol–water partition coefficient (Wildman–Crippen LogP) is 4.89. The SMILES string of the molecule is C[C@]12CCCC[C@H]1[C@H]2C(=O)N/N=C\c1ccc(-c2ccc([N+](=O)[O-])cc2Br)o1. The van der Waals surface area contributed by atoms with E-state index in [9.17, 15) is 14.9 Å². The molecule has 7 nitrogen and oxygen atoms in total. The number of nitro benzene ring substituents is 1. The van der Waals surface area contributed by atoms with Gasteiger partial charge in [-0.1, -0.05) is 19.8 Å². The zero-order valence-corrected chi connectivity index (χ0v) is 16.9. The highest BCUT2D eigenvalue weighted by Crippen LogP contribution is 2.66. The molecule has 1 aromatic carbocycles. The van der Waals surface area contributed by atoms with E-state index in [1.54, 1.807) is 18.2 Å². The van der Waals surface area contributed by atoms with E-state index in [2.05, 4.69) is 33.4 Å². The lowest BCUT2D eigenvalue weighted by Gasteiger charge is -2.15. The van der Waals surface area contributed by atoms with Crippen molar-refractivity contribution in [2.75, 3.05) is 0 Å². The molecular formula is C20H20BrN3O4. The van der Waals surface area contributed by atoms with Gasteiger partial charge in [0.1, 0.15) is 11.5 Å². The zero-order valence-electron chi connectivity index (χ0n) is 15.4. The van der Waals surface area contributed by atoms with E-state index < -0.39 is 4.92 Å². The summed E-state index contributed by atoms with van der Waals surface area (Å²) in [7, 11) is 0. The van der Waals surface area contributed by atoms with Gasteiger partial charge in [-0.15, -0.1) is 0 Å². The van der Waals surface area contributed by atoms with Crippen LogP contribution < -0.4 is 5.43 Å². The van der Waals surface area contributed by atoms with Crippen LogP contribution in [-0.4, -0.2) is 17.0 Å². The summed E-state index contributed by atoms with van der Waals surface area (Å²) in [4.78, 5) is 22.8. The number of hydrogen-bond acceptors (Lipinski definition) is 5. The number of carbonyl (C=O) groups excluding carboxylic acids is 1. The molecule has 0 bridgehead atoms. The molecule has 2 aromatic rings. The Morgan fingerprint density at radius 2 is 2.21 bits per heavy atom. The normalized spacial score (nSPS) is 26.1.